The Morgan fingerprint density at radius 1 is 1.41 bits per heavy atom. The van der Waals surface area contributed by atoms with E-state index in [-0.39, 0.29) is 11.9 Å². The maximum absolute atomic E-state index is 11.5. The van der Waals surface area contributed by atoms with E-state index in [9.17, 15) is 4.79 Å². The van der Waals surface area contributed by atoms with Gasteiger partial charge in [-0.3, -0.25) is 4.79 Å². The lowest BCUT2D eigenvalue weighted by Crippen LogP contribution is -2.44. The summed E-state index contributed by atoms with van der Waals surface area (Å²) in [5.41, 5.74) is 0.862. The second-order valence-corrected chi connectivity index (χ2v) is 5.33. The number of aromatic nitrogens is 4. The third-order valence-electron chi connectivity index (χ3n) is 3.62. The Kier molecular flexibility index (Phi) is 3.74. The van der Waals surface area contributed by atoms with Gasteiger partial charge >= 0.3 is 0 Å². The number of hydrogen-bond donors (Lipinski definition) is 1. The second-order valence-electron chi connectivity index (χ2n) is 5.33. The number of nitrogens with one attached hydrogen (secondary N) is 1. The van der Waals surface area contributed by atoms with Crippen LogP contribution >= 0.6 is 0 Å². The van der Waals surface area contributed by atoms with Gasteiger partial charge < -0.3 is 14.7 Å². The van der Waals surface area contributed by atoms with Crippen LogP contribution in [0.4, 0.5) is 5.82 Å². The number of nitrogens with zero attached hydrogens (tertiary/aromatic N) is 5. The van der Waals surface area contributed by atoms with Gasteiger partial charge in [-0.2, -0.15) is 4.98 Å². The highest BCUT2D eigenvalue weighted by molar-refractivity contribution is 5.74. The molecule has 1 amide bonds. The zero-order valence-corrected chi connectivity index (χ0v) is 12.8. The fourth-order valence-corrected chi connectivity index (χ4v) is 2.51. The van der Waals surface area contributed by atoms with E-state index >= 15 is 0 Å². The van der Waals surface area contributed by atoms with Crippen molar-refractivity contribution in [3.05, 3.63) is 29.3 Å². The van der Waals surface area contributed by atoms with E-state index in [2.05, 4.69) is 25.4 Å². The fourth-order valence-electron chi connectivity index (χ4n) is 2.51. The van der Waals surface area contributed by atoms with Gasteiger partial charge in [-0.25, -0.2) is 9.97 Å². The maximum atomic E-state index is 11.5. The van der Waals surface area contributed by atoms with Gasteiger partial charge in [0.15, 0.2) is 5.82 Å². The van der Waals surface area contributed by atoms with E-state index in [1.807, 2.05) is 17.9 Å². The number of aryl methyl sites for hydroxylation is 2. The molecule has 1 atom stereocenters. The molecule has 1 fully saturated rings. The van der Waals surface area contributed by atoms with Crippen LogP contribution in [0.15, 0.2) is 10.6 Å². The molecule has 0 saturated carbocycles. The lowest BCUT2D eigenvalue weighted by molar-refractivity contribution is -0.136. The topological polar surface area (TPSA) is 97.0 Å². The largest absolute Gasteiger partial charge is 0.363 e. The summed E-state index contributed by atoms with van der Waals surface area (Å²) in [5.74, 6) is 2.54. The molecular weight excluding hydrogens is 284 g/mol. The first-order valence-corrected chi connectivity index (χ1v) is 7.19. The number of hydrogen-bond acceptors (Lipinski definition) is 7. The minimum absolute atomic E-state index is 0.0483. The van der Waals surface area contributed by atoms with Crippen LogP contribution in [0, 0.1) is 13.8 Å². The van der Waals surface area contributed by atoms with Crippen LogP contribution in [0.1, 0.15) is 42.6 Å². The molecule has 2 aromatic rings. The van der Waals surface area contributed by atoms with Gasteiger partial charge in [0.25, 0.3) is 0 Å². The van der Waals surface area contributed by atoms with Gasteiger partial charge in [-0.1, -0.05) is 5.16 Å². The van der Waals surface area contributed by atoms with Crippen LogP contribution < -0.4 is 5.32 Å². The minimum atomic E-state index is 0.0483. The Morgan fingerprint density at radius 2 is 2.23 bits per heavy atom. The smallest absolute Gasteiger partial charge is 0.223 e. The highest BCUT2D eigenvalue weighted by atomic mass is 16.5. The molecule has 0 bridgehead atoms. The van der Waals surface area contributed by atoms with E-state index in [4.69, 9.17) is 4.52 Å². The van der Waals surface area contributed by atoms with Crippen LogP contribution in [0.5, 0.6) is 0 Å². The molecule has 3 rings (SSSR count). The fraction of sp³-hybridized carbons (Fsp3) is 0.500. The third kappa shape index (κ3) is 2.90. The van der Waals surface area contributed by atoms with Crippen LogP contribution in [-0.4, -0.2) is 37.5 Å². The first kappa shape index (κ1) is 14.4. The highest BCUT2D eigenvalue weighted by Crippen LogP contribution is 2.32. The van der Waals surface area contributed by atoms with Crippen molar-refractivity contribution in [3.63, 3.8) is 0 Å². The Morgan fingerprint density at radius 3 is 2.82 bits per heavy atom. The second kappa shape index (κ2) is 5.70. The predicted octanol–water partition coefficient (Wildman–Crippen LogP) is 1.38. The van der Waals surface area contributed by atoms with Gasteiger partial charge in [-0.05, 0) is 13.3 Å². The van der Waals surface area contributed by atoms with Crippen LogP contribution in [0.2, 0.25) is 0 Å². The number of likely N-dealkylation sites (tertiary alicyclic amines) is 1. The average Bonchev–Trinajstić information content (AvgIpc) is 2.79. The number of carbonyl (C=O) groups excluding carboxylic acids is 1. The van der Waals surface area contributed by atoms with Crippen molar-refractivity contribution in [3.8, 4) is 0 Å². The van der Waals surface area contributed by atoms with E-state index in [1.165, 1.54) is 0 Å². The summed E-state index contributed by atoms with van der Waals surface area (Å²) >= 11 is 0. The standard InChI is InChI=1S/C14H18N6O2/c1-8-16-11(12-4-5-20(12)10(3)21)6-13(17-8)15-7-14-18-9(2)22-19-14/h6,12H,4-5,7H2,1-3H3,(H,15,16,17). The van der Waals surface area contributed by atoms with Crippen molar-refractivity contribution in [2.24, 2.45) is 0 Å². The lowest BCUT2D eigenvalue weighted by atomic mass is 9.99. The molecule has 1 saturated heterocycles. The third-order valence-corrected chi connectivity index (χ3v) is 3.62. The monoisotopic (exact) mass is 302 g/mol. The Bertz CT molecular complexity index is 698. The maximum Gasteiger partial charge on any atom is 0.223 e. The molecule has 2 aromatic heterocycles. The van der Waals surface area contributed by atoms with Gasteiger partial charge in [-0.15, -0.1) is 0 Å². The number of amides is 1. The predicted molar refractivity (Wildman–Crippen MR) is 77.9 cm³/mol. The average molecular weight is 302 g/mol. The lowest BCUT2D eigenvalue weighted by Gasteiger charge is -2.40. The first-order valence-electron chi connectivity index (χ1n) is 7.19. The summed E-state index contributed by atoms with van der Waals surface area (Å²) in [6.07, 6.45) is 0.930. The zero-order chi connectivity index (χ0) is 15.7. The molecule has 8 nitrogen and oxygen atoms in total. The van der Waals surface area contributed by atoms with Crippen LogP contribution in [0.3, 0.4) is 0 Å². The quantitative estimate of drug-likeness (QED) is 0.911. The summed E-state index contributed by atoms with van der Waals surface area (Å²) in [7, 11) is 0. The molecule has 0 aromatic carbocycles. The van der Waals surface area contributed by atoms with E-state index in [0.29, 0.717) is 29.9 Å². The summed E-state index contributed by atoms with van der Waals surface area (Å²) in [6.45, 7) is 6.38. The highest BCUT2D eigenvalue weighted by Gasteiger charge is 2.32. The summed E-state index contributed by atoms with van der Waals surface area (Å²) in [5, 5.41) is 6.99. The molecule has 3 heterocycles. The van der Waals surface area contributed by atoms with Crippen molar-refractivity contribution in [1.29, 1.82) is 0 Å². The molecule has 116 valence electrons. The van der Waals surface area contributed by atoms with E-state index in [0.717, 1.165) is 18.7 Å². The summed E-state index contributed by atoms with van der Waals surface area (Å²) in [6, 6.07) is 1.92. The molecule has 0 spiro atoms. The number of rotatable bonds is 4. The van der Waals surface area contributed by atoms with Crippen LogP contribution in [0.25, 0.3) is 0 Å². The molecule has 1 unspecified atom stereocenters. The van der Waals surface area contributed by atoms with Gasteiger partial charge in [0.2, 0.25) is 11.8 Å². The minimum Gasteiger partial charge on any atom is -0.363 e. The van der Waals surface area contributed by atoms with Gasteiger partial charge in [0.1, 0.15) is 11.6 Å². The van der Waals surface area contributed by atoms with E-state index < -0.39 is 0 Å². The molecule has 0 aliphatic carbocycles. The summed E-state index contributed by atoms with van der Waals surface area (Å²) < 4.78 is 4.93. The number of anilines is 1. The van der Waals surface area contributed by atoms with Crippen LogP contribution in [-0.2, 0) is 11.3 Å². The molecule has 8 heteroatoms. The van der Waals surface area contributed by atoms with Gasteiger partial charge in [0.05, 0.1) is 18.3 Å². The molecular formula is C14H18N6O2. The zero-order valence-electron chi connectivity index (χ0n) is 12.8. The van der Waals surface area contributed by atoms with Crippen molar-refractivity contribution >= 4 is 11.7 Å². The van der Waals surface area contributed by atoms with Crippen molar-refractivity contribution < 1.29 is 9.32 Å². The Labute approximate surface area is 127 Å². The SMILES string of the molecule is CC(=O)N1CCC1c1cc(NCc2noc(C)n2)nc(C)n1. The van der Waals surface area contributed by atoms with Crippen molar-refractivity contribution in [1.82, 2.24) is 25.0 Å². The molecule has 1 N–H and O–H groups in total. The molecule has 1 aliphatic rings. The van der Waals surface area contributed by atoms with E-state index in [1.54, 1.807) is 13.8 Å². The summed E-state index contributed by atoms with van der Waals surface area (Å²) in [4.78, 5) is 26.3. The van der Waals surface area contributed by atoms with Crippen molar-refractivity contribution in [2.75, 3.05) is 11.9 Å². The van der Waals surface area contributed by atoms with Gasteiger partial charge in [0, 0.05) is 26.5 Å². The Balaban J connectivity index is 1.74. The molecule has 0 radical (unpaired) electrons. The first-order chi connectivity index (χ1) is 10.5. The Hall–Kier alpha value is -2.51. The van der Waals surface area contributed by atoms with Crippen molar-refractivity contribution in [2.45, 2.75) is 39.8 Å². The number of carbonyl (C=O) groups is 1. The normalized spacial score (nSPS) is 17.2. The molecule has 1 aliphatic heterocycles. The molecule has 22 heavy (non-hydrogen) atoms.